The van der Waals surface area contributed by atoms with Gasteiger partial charge in [-0.2, -0.15) is 0 Å². The quantitative estimate of drug-likeness (QED) is 0.729. The summed E-state index contributed by atoms with van der Waals surface area (Å²) in [7, 11) is 0. The molecular weight excluding hydrogens is 246 g/mol. The van der Waals surface area contributed by atoms with Crippen LogP contribution in [0.5, 0.6) is 5.75 Å². The number of anilines is 1. The molecule has 1 unspecified atom stereocenters. The maximum atomic E-state index is 12.0. The first-order valence-electron chi connectivity index (χ1n) is 6.10. The van der Waals surface area contributed by atoms with E-state index in [4.69, 9.17) is 5.11 Å². The highest BCUT2D eigenvalue weighted by Crippen LogP contribution is 2.24. The Labute approximate surface area is 110 Å². The van der Waals surface area contributed by atoms with Crippen molar-refractivity contribution in [1.29, 1.82) is 0 Å². The summed E-state index contributed by atoms with van der Waals surface area (Å²) in [6.45, 7) is 0. The number of allylic oxidation sites excluding steroid dienone is 2. The third-order valence-corrected chi connectivity index (χ3v) is 3.14. The average Bonchev–Trinajstić information content (AvgIpc) is 2.39. The van der Waals surface area contributed by atoms with Gasteiger partial charge in [-0.25, -0.2) is 4.79 Å². The van der Waals surface area contributed by atoms with Crippen LogP contribution >= 0.6 is 0 Å². The summed E-state index contributed by atoms with van der Waals surface area (Å²) >= 11 is 0. The minimum Gasteiger partial charge on any atom is -0.507 e. The highest BCUT2D eigenvalue weighted by atomic mass is 16.4. The van der Waals surface area contributed by atoms with E-state index in [1.807, 2.05) is 6.08 Å². The summed E-state index contributed by atoms with van der Waals surface area (Å²) in [5.41, 5.74) is 0.223. The van der Waals surface area contributed by atoms with E-state index < -0.39 is 5.97 Å². The SMILES string of the molecule is O=C(O)c1ccc(NC(=O)C2CC=CCC2)cc1O. The molecule has 100 valence electrons. The Morgan fingerprint density at radius 1 is 1.26 bits per heavy atom. The number of carbonyl (C=O) groups is 2. The van der Waals surface area contributed by atoms with Crippen LogP contribution in [0.1, 0.15) is 29.6 Å². The van der Waals surface area contributed by atoms with Gasteiger partial charge in [0.25, 0.3) is 0 Å². The van der Waals surface area contributed by atoms with Crippen molar-refractivity contribution in [3.05, 3.63) is 35.9 Å². The highest BCUT2D eigenvalue weighted by Gasteiger charge is 2.19. The number of carbonyl (C=O) groups excluding carboxylic acids is 1. The van der Waals surface area contributed by atoms with Crippen LogP contribution in [-0.2, 0) is 4.79 Å². The third kappa shape index (κ3) is 3.13. The van der Waals surface area contributed by atoms with Gasteiger partial charge in [-0.1, -0.05) is 12.2 Å². The molecule has 1 aromatic carbocycles. The molecule has 1 aliphatic rings. The number of nitrogens with one attached hydrogen (secondary N) is 1. The van der Waals surface area contributed by atoms with Crippen LogP contribution in [-0.4, -0.2) is 22.1 Å². The molecular formula is C14H15NO4. The van der Waals surface area contributed by atoms with E-state index in [1.165, 1.54) is 18.2 Å². The summed E-state index contributed by atoms with van der Waals surface area (Å²) in [6, 6.07) is 3.99. The number of benzene rings is 1. The lowest BCUT2D eigenvalue weighted by Gasteiger charge is -2.17. The standard InChI is InChI=1S/C14H15NO4/c16-12-8-10(6-7-11(12)14(18)19)15-13(17)9-4-2-1-3-5-9/h1-2,6-9,16H,3-5H2,(H,15,17)(H,18,19). The van der Waals surface area contributed by atoms with E-state index in [0.29, 0.717) is 12.1 Å². The molecule has 0 fully saturated rings. The van der Waals surface area contributed by atoms with Crippen molar-refractivity contribution in [2.45, 2.75) is 19.3 Å². The molecule has 0 spiro atoms. The van der Waals surface area contributed by atoms with Crippen molar-refractivity contribution in [3.63, 3.8) is 0 Å². The van der Waals surface area contributed by atoms with E-state index in [9.17, 15) is 14.7 Å². The van der Waals surface area contributed by atoms with Crippen molar-refractivity contribution in [2.24, 2.45) is 5.92 Å². The first-order valence-corrected chi connectivity index (χ1v) is 6.10. The van der Waals surface area contributed by atoms with Crippen LogP contribution in [0.15, 0.2) is 30.4 Å². The predicted octanol–water partition coefficient (Wildman–Crippen LogP) is 2.39. The number of rotatable bonds is 3. The minimum atomic E-state index is -1.20. The summed E-state index contributed by atoms with van der Waals surface area (Å²) in [6.07, 6.45) is 6.45. The number of amides is 1. The molecule has 1 aromatic rings. The first-order chi connectivity index (χ1) is 9.08. The number of phenols is 1. The minimum absolute atomic E-state index is 0.0636. The molecule has 1 amide bonds. The Hall–Kier alpha value is -2.30. The number of hydrogen-bond donors (Lipinski definition) is 3. The summed E-state index contributed by atoms with van der Waals surface area (Å²) in [4.78, 5) is 22.7. The molecule has 0 saturated carbocycles. The Morgan fingerprint density at radius 2 is 2.05 bits per heavy atom. The lowest BCUT2D eigenvalue weighted by Crippen LogP contribution is -2.23. The van der Waals surface area contributed by atoms with Crippen molar-refractivity contribution < 1.29 is 19.8 Å². The zero-order valence-electron chi connectivity index (χ0n) is 10.3. The maximum Gasteiger partial charge on any atom is 0.339 e. The van der Waals surface area contributed by atoms with Gasteiger partial charge in [-0.05, 0) is 31.4 Å². The normalized spacial score (nSPS) is 18.0. The molecule has 3 N–H and O–H groups in total. The molecule has 0 bridgehead atoms. The molecule has 5 heteroatoms. The van der Waals surface area contributed by atoms with Crippen LogP contribution < -0.4 is 5.32 Å². The fourth-order valence-electron chi connectivity index (χ4n) is 2.07. The molecule has 0 radical (unpaired) electrons. The van der Waals surface area contributed by atoms with Crippen LogP contribution in [0.25, 0.3) is 0 Å². The largest absolute Gasteiger partial charge is 0.507 e. The van der Waals surface area contributed by atoms with E-state index in [1.54, 1.807) is 0 Å². The Kier molecular flexibility index (Phi) is 3.85. The van der Waals surface area contributed by atoms with Gasteiger partial charge in [-0.3, -0.25) is 4.79 Å². The van der Waals surface area contributed by atoms with Crippen molar-refractivity contribution >= 4 is 17.6 Å². The fourth-order valence-corrected chi connectivity index (χ4v) is 2.07. The Bertz CT molecular complexity index is 536. The molecule has 1 aliphatic carbocycles. The lowest BCUT2D eigenvalue weighted by atomic mass is 9.93. The van der Waals surface area contributed by atoms with Crippen LogP contribution in [0, 0.1) is 5.92 Å². The number of aromatic carboxylic acids is 1. The molecule has 0 heterocycles. The molecule has 0 aliphatic heterocycles. The van der Waals surface area contributed by atoms with Gasteiger partial charge < -0.3 is 15.5 Å². The van der Waals surface area contributed by atoms with E-state index in [2.05, 4.69) is 11.4 Å². The van der Waals surface area contributed by atoms with Gasteiger partial charge in [0.1, 0.15) is 11.3 Å². The second kappa shape index (κ2) is 5.56. The van der Waals surface area contributed by atoms with Gasteiger partial charge >= 0.3 is 5.97 Å². The van der Waals surface area contributed by atoms with Crippen molar-refractivity contribution in [3.8, 4) is 5.75 Å². The van der Waals surface area contributed by atoms with E-state index in [0.717, 1.165) is 12.8 Å². The van der Waals surface area contributed by atoms with Crippen molar-refractivity contribution in [1.82, 2.24) is 0 Å². The van der Waals surface area contributed by atoms with Crippen LogP contribution in [0.2, 0.25) is 0 Å². The number of aromatic hydroxyl groups is 1. The van der Waals surface area contributed by atoms with Crippen molar-refractivity contribution in [2.75, 3.05) is 5.32 Å². The number of carboxylic acids is 1. The smallest absolute Gasteiger partial charge is 0.339 e. The molecule has 2 rings (SSSR count). The second-order valence-corrected chi connectivity index (χ2v) is 4.51. The van der Waals surface area contributed by atoms with Crippen LogP contribution in [0.3, 0.4) is 0 Å². The Morgan fingerprint density at radius 3 is 2.63 bits per heavy atom. The van der Waals surface area contributed by atoms with Gasteiger partial charge in [0, 0.05) is 17.7 Å². The number of carboxylic acid groups (broad SMARTS) is 1. The predicted molar refractivity (Wildman–Crippen MR) is 70.2 cm³/mol. The monoisotopic (exact) mass is 261 g/mol. The topological polar surface area (TPSA) is 86.6 Å². The summed E-state index contributed by atoms with van der Waals surface area (Å²) < 4.78 is 0. The van der Waals surface area contributed by atoms with E-state index >= 15 is 0 Å². The van der Waals surface area contributed by atoms with Gasteiger partial charge in [-0.15, -0.1) is 0 Å². The second-order valence-electron chi connectivity index (χ2n) is 4.51. The molecule has 0 aromatic heterocycles. The fraction of sp³-hybridized carbons (Fsp3) is 0.286. The summed E-state index contributed by atoms with van der Waals surface area (Å²) in [5.74, 6) is -1.72. The highest BCUT2D eigenvalue weighted by molar-refractivity contribution is 5.95. The van der Waals surface area contributed by atoms with Crippen LogP contribution in [0.4, 0.5) is 5.69 Å². The molecule has 0 saturated heterocycles. The zero-order chi connectivity index (χ0) is 13.8. The molecule has 19 heavy (non-hydrogen) atoms. The molecule has 5 nitrogen and oxygen atoms in total. The Balaban J connectivity index is 2.07. The summed E-state index contributed by atoms with van der Waals surface area (Å²) in [5, 5.41) is 21.0. The van der Waals surface area contributed by atoms with Gasteiger partial charge in [0.15, 0.2) is 0 Å². The first kappa shape index (κ1) is 13.1. The maximum absolute atomic E-state index is 12.0. The third-order valence-electron chi connectivity index (χ3n) is 3.14. The zero-order valence-corrected chi connectivity index (χ0v) is 10.3. The van der Waals surface area contributed by atoms with Gasteiger partial charge in [0.05, 0.1) is 0 Å². The average molecular weight is 261 g/mol. The lowest BCUT2D eigenvalue weighted by molar-refractivity contribution is -0.120. The molecule has 1 atom stereocenters. The van der Waals surface area contributed by atoms with Gasteiger partial charge in [0.2, 0.25) is 5.91 Å². The van der Waals surface area contributed by atoms with E-state index in [-0.39, 0.29) is 23.1 Å². The number of hydrogen-bond acceptors (Lipinski definition) is 3.